The normalized spacial score (nSPS) is 10.8. The third-order valence-electron chi connectivity index (χ3n) is 0.209. The van der Waals surface area contributed by atoms with E-state index in [1.165, 1.54) is 0 Å². The fourth-order valence-electron chi connectivity index (χ4n) is 0.0645. The van der Waals surface area contributed by atoms with E-state index < -0.39 is 0 Å². The predicted octanol–water partition coefficient (Wildman–Crippen LogP) is 0.524. The summed E-state index contributed by atoms with van der Waals surface area (Å²) in [6, 6.07) is 0. The summed E-state index contributed by atoms with van der Waals surface area (Å²) in [7, 11) is -0.342. The van der Waals surface area contributed by atoms with E-state index in [1.807, 2.05) is 6.92 Å². The van der Waals surface area contributed by atoms with Crippen LogP contribution in [0.5, 0.6) is 0 Å². The van der Waals surface area contributed by atoms with Gasteiger partial charge in [0.2, 0.25) is 0 Å². The zero-order chi connectivity index (χ0) is 4.12. The topological polar surface area (TPSA) is 29.5 Å². The second-order valence-corrected chi connectivity index (χ2v) is 0.996. The fourth-order valence-corrected chi connectivity index (χ4v) is 0.194. The van der Waals surface area contributed by atoms with Gasteiger partial charge in [-0.3, -0.25) is 0 Å². The Morgan fingerprint density at radius 1 is 2.00 bits per heavy atom. The maximum Gasteiger partial charge on any atom is 0.152 e. The maximum atomic E-state index is 7.87. The first-order valence-electron chi connectivity index (χ1n) is 1.42. The number of hydrogen-bond donors (Lipinski definition) is 1. The van der Waals surface area contributed by atoms with Gasteiger partial charge in [-0.2, -0.15) is 0 Å². The summed E-state index contributed by atoms with van der Waals surface area (Å²) in [5.74, 6) is 0. The molecular formula is C2H7O2P. The molecule has 0 saturated carbocycles. The summed E-state index contributed by atoms with van der Waals surface area (Å²) < 4.78 is 4.42. The zero-order valence-electron chi connectivity index (χ0n) is 3.06. The molecule has 3 heteroatoms. The Bertz CT molecular complexity index is 15.1. The Labute approximate surface area is 33.1 Å². The quantitative estimate of drug-likeness (QED) is 0.505. The zero-order valence-corrected chi connectivity index (χ0v) is 4.06. The summed E-state index contributed by atoms with van der Waals surface area (Å²) in [6.07, 6.45) is 0. The van der Waals surface area contributed by atoms with E-state index in [9.17, 15) is 0 Å². The van der Waals surface area contributed by atoms with Gasteiger partial charge in [0.25, 0.3) is 0 Å². The second kappa shape index (κ2) is 4.35. The molecule has 0 saturated heterocycles. The first kappa shape index (κ1) is 5.35. The summed E-state index contributed by atoms with van der Waals surface area (Å²) in [5, 5.41) is 0. The fraction of sp³-hybridized carbons (Fsp3) is 1.00. The van der Waals surface area contributed by atoms with E-state index in [4.69, 9.17) is 4.89 Å². The van der Waals surface area contributed by atoms with Crippen molar-refractivity contribution in [3.05, 3.63) is 0 Å². The molecule has 0 rings (SSSR count). The highest BCUT2D eigenvalue weighted by molar-refractivity contribution is 7.24. The third-order valence-corrected chi connectivity index (χ3v) is 0.627. The molecule has 0 amide bonds. The molecule has 0 spiro atoms. The highest BCUT2D eigenvalue weighted by atomic mass is 31.1. The summed E-state index contributed by atoms with van der Waals surface area (Å²) in [6.45, 7) is 2.44. The van der Waals surface area contributed by atoms with Gasteiger partial charge >= 0.3 is 0 Å². The average Bonchev–Trinajstić information content (AvgIpc) is 1.41. The summed E-state index contributed by atoms with van der Waals surface area (Å²) >= 11 is 0. The van der Waals surface area contributed by atoms with Gasteiger partial charge in [-0.1, -0.05) is 0 Å². The van der Waals surface area contributed by atoms with Crippen LogP contribution >= 0.6 is 9.03 Å². The van der Waals surface area contributed by atoms with Crippen molar-refractivity contribution in [2.24, 2.45) is 0 Å². The standard InChI is InChI=1S/C2H7O2P/c1-2-4-5-3/h3,5H,2H2,1H3. The molecule has 0 aromatic carbocycles. The minimum absolute atomic E-state index is 0.342. The number of rotatable bonds is 2. The van der Waals surface area contributed by atoms with E-state index in [0.717, 1.165) is 0 Å². The molecular weight excluding hydrogens is 87.0 g/mol. The Morgan fingerprint density at radius 3 is 2.60 bits per heavy atom. The van der Waals surface area contributed by atoms with Crippen LogP contribution < -0.4 is 0 Å². The molecule has 0 aliphatic heterocycles. The lowest BCUT2D eigenvalue weighted by molar-refractivity contribution is 0.348. The molecule has 0 radical (unpaired) electrons. The minimum Gasteiger partial charge on any atom is -0.352 e. The molecule has 0 aliphatic carbocycles. The van der Waals surface area contributed by atoms with E-state index in [1.54, 1.807) is 0 Å². The first-order valence-corrected chi connectivity index (χ1v) is 2.28. The largest absolute Gasteiger partial charge is 0.352 e. The smallest absolute Gasteiger partial charge is 0.152 e. The third kappa shape index (κ3) is 4.35. The van der Waals surface area contributed by atoms with Crippen LogP contribution in [0.15, 0.2) is 0 Å². The molecule has 1 atom stereocenters. The molecule has 1 unspecified atom stereocenters. The van der Waals surface area contributed by atoms with Crippen molar-refractivity contribution in [3.8, 4) is 0 Å². The monoisotopic (exact) mass is 94.0 g/mol. The van der Waals surface area contributed by atoms with Gasteiger partial charge in [0, 0.05) is 0 Å². The molecule has 0 aromatic heterocycles. The van der Waals surface area contributed by atoms with E-state index in [0.29, 0.717) is 6.61 Å². The summed E-state index contributed by atoms with van der Waals surface area (Å²) in [4.78, 5) is 7.87. The lowest BCUT2D eigenvalue weighted by Crippen LogP contribution is -1.68. The molecule has 0 aromatic rings. The Kier molecular flexibility index (Phi) is 4.65. The van der Waals surface area contributed by atoms with Crippen molar-refractivity contribution in [2.75, 3.05) is 6.61 Å². The van der Waals surface area contributed by atoms with Gasteiger partial charge in [-0.05, 0) is 6.92 Å². The van der Waals surface area contributed by atoms with Crippen molar-refractivity contribution < 1.29 is 9.42 Å². The van der Waals surface area contributed by atoms with Crippen LogP contribution in [0.4, 0.5) is 0 Å². The summed E-state index contributed by atoms with van der Waals surface area (Å²) in [5.41, 5.74) is 0. The van der Waals surface area contributed by atoms with Crippen molar-refractivity contribution >= 4 is 9.03 Å². The van der Waals surface area contributed by atoms with Crippen molar-refractivity contribution in [3.63, 3.8) is 0 Å². The highest BCUT2D eigenvalue weighted by Gasteiger charge is 1.65. The van der Waals surface area contributed by atoms with Gasteiger partial charge in [-0.15, -0.1) is 0 Å². The van der Waals surface area contributed by atoms with Crippen LogP contribution in [0.2, 0.25) is 0 Å². The van der Waals surface area contributed by atoms with Crippen molar-refractivity contribution in [2.45, 2.75) is 6.92 Å². The van der Waals surface area contributed by atoms with Gasteiger partial charge in [-0.25, -0.2) is 0 Å². The Balaban J connectivity index is 2.19. The van der Waals surface area contributed by atoms with Gasteiger partial charge in [0.05, 0.1) is 6.61 Å². The highest BCUT2D eigenvalue weighted by Crippen LogP contribution is 1.99. The SMILES string of the molecule is CCOPO. The van der Waals surface area contributed by atoms with Crippen LogP contribution in [0.1, 0.15) is 6.92 Å². The van der Waals surface area contributed by atoms with Crippen LogP contribution in [-0.2, 0) is 4.52 Å². The molecule has 0 aliphatic rings. The molecule has 2 nitrogen and oxygen atoms in total. The molecule has 0 fully saturated rings. The van der Waals surface area contributed by atoms with Crippen LogP contribution in [0, 0.1) is 0 Å². The maximum absolute atomic E-state index is 7.87. The van der Waals surface area contributed by atoms with E-state index in [-0.39, 0.29) is 9.03 Å². The molecule has 0 bridgehead atoms. The van der Waals surface area contributed by atoms with Crippen LogP contribution in [-0.4, -0.2) is 11.5 Å². The minimum atomic E-state index is -0.342. The Morgan fingerprint density at radius 2 is 2.60 bits per heavy atom. The van der Waals surface area contributed by atoms with E-state index >= 15 is 0 Å². The predicted molar refractivity (Wildman–Crippen MR) is 22.2 cm³/mol. The molecule has 32 valence electrons. The first-order chi connectivity index (χ1) is 2.41. The van der Waals surface area contributed by atoms with Crippen molar-refractivity contribution in [1.82, 2.24) is 0 Å². The molecule has 5 heavy (non-hydrogen) atoms. The van der Waals surface area contributed by atoms with Crippen LogP contribution in [0.3, 0.4) is 0 Å². The van der Waals surface area contributed by atoms with Gasteiger partial charge in [0.15, 0.2) is 9.03 Å². The lowest BCUT2D eigenvalue weighted by Gasteiger charge is -1.84. The van der Waals surface area contributed by atoms with Gasteiger partial charge < -0.3 is 9.42 Å². The Hall–Kier alpha value is 0.350. The molecule has 1 N–H and O–H groups in total. The second-order valence-electron chi connectivity index (χ2n) is 0.524. The van der Waals surface area contributed by atoms with E-state index in [2.05, 4.69) is 4.52 Å². The van der Waals surface area contributed by atoms with Crippen molar-refractivity contribution in [1.29, 1.82) is 0 Å². The van der Waals surface area contributed by atoms with Gasteiger partial charge in [0.1, 0.15) is 0 Å². The van der Waals surface area contributed by atoms with Crippen LogP contribution in [0.25, 0.3) is 0 Å². The number of hydrogen-bond acceptors (Lipinski definition) is 2. The molecule has 0 heterocycles. The average molecular weight is 94.0 g/mol. The lowest BCUT2D eigenvalue weighted by atomic mass is 10.9.